The molecule has 3 rings (SSSR count). The Balaban J connectivity index is 1.76. The van der Waals surface area contributed by atoms with Crippen LogP contribution in [0.3, 0.4) is 0 Å². The number of hydrogen-bond acceptors (Lipinski definition) is 6. The van der Waals surface area contributed by atoms with Crippen molar-refractivity contribution in [2.24, 2.45) is 0 Å². The molecule has 2 N–H and O–H groups in total. The van der Waals surface area contributed by atoms with Gasteiger partial charge >= 0.3 is 12.0 Å². The summed E-state index contributed by atoms with van der Waals surface area (Å²) in [6, 6.07) is 4.47. The molecule has 1 saturated heterocycles. The fraction of sp³-hybridized carbons (Fsp3) is 0.571. The van der Waals surface area contributed by atoms with Gasteiger partial charge in [-0.15, -0.1) is 0 Å². The average Bonchev–Trinajstić information content (AvgIpc) is 2.70. The molecule has 164 valence electrons. The normalized spacial score (nSPS) is 23.4. The van der Waals surface area contributed by atoms with Crippen LogP contribution in [0.2, 0.25) is 0 Å². The molecule has 0 spiro atoms. The molecule has 1 fully saturated rings. The Hall–Kier alpha value is -2.81. The number of likely N-dealkylation sites (N-methyl/N-ethyl adjacent to an activating group) is 1. The third-order valence-corrected chi connectivity index (χ3v) is 5.31. The second-order valence-corrected chi connectivity index (χ2v) is 7.91. The summed E-state index contributed by atoms with van der Waals surface area (Å²) in [5.41, 5.74) is 0.891. The van der Waals surface area contributed by atoms with E-state index in [0.29, 0.717) is 29.8 Å². The van der Waals surface area contributed by atoms with E-state index in [4.69, 9.17) is 14.2 Å². The lowest BCUT2D eigenvalue weighted by atomic mass is 9.94. The van der Waals surface area contributed by atoms with Crippen LogP contribution >= 0.6 is 0 Å². The summed E-state index contributed by atoms with van der Waals surface area (Å²) in [5.74, 6) is -0.0945. The minimum Gasteiger partial charge on any atom is -0.490 e. The maximum absolute atomic E-state index is 13.2. The van der Waals surface area contributed by atoms with Crippen LogP contribution in [0.5, 0.6) is 5.75 Å². The first kappa shape index (κ1) is 21.9. The molecular weight excluding hydrogens is 390 g/mol. The van der Waals surface area contributed by atoms with Crippen molar-refractivity contribution < 1.29 is 28.6 Å². The minimum absolute atomic E-state index is 0.00307. The van der Waals surface area contributed by atoms with Crippen LogP contribution in [0.15, 0.2) is 18.2 Å². The minimum atomic E-state index is -0.342. The summed E-state index contributed by atoms with van der Waals surface area (Å²) in [4.78, 5) is 38.4. The summed E-state index contributed by atoms with van der Waals surface area (Å²) in [6.07, 6.45) is 0.933. The standard InChI is InChI=1S/C21H29N3O6/c1-12(2)22-21(27)23-13-5-8-17-15(9-13)20(26)24(3)16-7-6-14(10-19(25)28-4)30-18(16)11-29-17/h5,8-9,12,14,16,18H,6-7,10-11H2,1-4H3,(H2,22,23,27)/t14-,16-,18-/m0/s1. The van der Waals surface area contributed by atoms with Crippen LogP contribution in [-0.2, 0) is 14.3 Å². The molecule has 1 aromatic rings. The van der Waals surface area contributed by atoms with E-state index in [1.165, 1.54) is 7.11 Å². The number of carbonyl (C=O) groups is 3. The summed E-state index contributed by atoms with van der Waals surface area (Å²) in [5, 5.41) is 5.48. The highest BCUT2D eigenvalue weighted by Crippen LogP contribution is 2.32. The molecule has 3 atom stereocenters. The third-order valence-electron chi connectivity index (χ3n) is 5.31. The van der Waals surface area contributed by atoms with Crippen LogP contribution in [0, 0.1) is 0 Å². The van der Waals surface area contributed by atoms with Crippen LogP contribution in [0.25, 0.3) is 0 Å². The van der Waals surface area contributed by atoms with Crippen molar-refractivity contribution in [2.75, 3.05) is 26.1 Å². The highest BCUT2D eigenvalue weighted by Gasteiger charge is 2.39. The van der Waals surface area contributed by atoms with Gasteiger partial charge in [-0.05, 0) is 44.9 Å². The molecule has 0 saturated carbocycles. The fourth-order valence-corrected chi connectivity index (χ4v) is 3.80. The number of rotatable bonds is 4. The quantitative estimate of drug-likeness (QED) is 0.725. The van der Waals surface area contributed by atoms with E-state index in [1.54, 1.807) is 30.1 Å². The van der Waals surface area contributed by atoms with Gasteiger partial charge in [-0.1, -0.05) is 0 Å². The van der Waals surface area contributed by atoms with Crippen LogP contribution in [-0.4, -0.2) is 67.9 Å². The SMILES string of the molecule is COC(=O)C[C@@H]1CC[C@H]2[C@H](COc3ccc(NC(=O)NC(C)C)cc3C(=O)N2C)O1. The first-order valence-corrected chi connectivity index (χ1v) is 10.1. The van der Waals surface area contributed by atoms with E-state index in [0.717, 1.165) is 0 Å². The first-order chi connectivity index (χ1) is 14.3. The van der Waals surface area contributed by atoms with E-state index >= 15 is 0 Å². The predicted molar refractivity (Wildman–Crippen MR) is 110 cm³/mol. The Kier molecular flexibility index (Phi) is 6.81. The van der Waals surface area contributed by atoms with E-state index in [9.17, 15) is 14.4 Å². The van der Waals surface area contributed by atoms with Gasteiger partial charge in [0.15, 0.2) is 0 Å². The number of methoxy groups -OCH3 is 1. The molecule has 1 aromatic carbocycles. The Morgan fingerprint density at radius 3 is 2.77 bits per heavy atom. The number of hydrogen-bond donors (Lipinski definition) is 2. The number of nitrogens with one attached hydrogen (secondary N) is 2. The van der Waals surface area contributed by atoms with Crippen LogP contribution in [0.1, 0.15) is 43.5 Å². The van der Waals surface area contributed by atoms with Gasteiger partial charge in [0.05, 0.1) is 31.2 Å². The highest BCUT2D eigenvalue weighted by molar-refractivity contribution is 5.99. The lowest BCUT2D eigenvalue weighted by Crippen LogP contribution is -2.53. The molecule has 0 unspecified atom stereocenters. The number of amides is 3. The smallest absolute Gasteiger partial charge is 0.319 e. The predicted octanol–water partition coefficient (Wildman–Crippen LogP) is 2.16. The van der Waals surface area contributed by atoms with Crippen molar-refractivity contribution in [3.8, 4) is 5.75 Å². The molecule has 30 heavy (non-hydrogen) atoms. The molecule has 0 bridgehead atoms. The molecule has 0 radical (unpaired) electrons. The van der Waals surface area contributed by atoms with E-state index in [-0.39, 0.29) is 55.2 Å². The zero-order valence-electron chi connectivity index (χ0n) is 17.8. The second-order valence-electron chi connectivity index (χ2n) is 7.91. The number of fused-ring (bicyclic) bond motifs is 2. The van der Waals surface area contributed by atoms with Crippen LogP contribution < -0.4 is 15.4 Å². The van der Waals surface area contributed by atoms with Crippen molar-refractivity contribution in [1.82, 2.24) is 10.2 Å². The lowest BCUT2D eigenvalue weighted by Gasteiger charge is -2.42. The molecule has 2 heterocycles. The Bertz CT molecular complexity index is 812. The van der Waals surface area contributed by atoms with Gasteiger partial charge in [-0.2, -0.15) is 0 Å². The number of urea groups is 1. The monoisotopic (exact) mass is 419 g/mol. The van der Waals surface area contributed by atoms with Crippen molar-refractivity contribution in [2.45, 2.75) is 57.4 Å². The van der Waals surface area contributed by atoms with Gasteiger partial charge in [0.25, 0.3) is 5.91 Å². The van der Waals surface area contributed by atoms with Gasteiger partial charge in [-0.25, -0.2) is 4.79 Å². The van der Waals surface area contributed by atoms with Crippen molar-refractivity contribution in [3.05, 3.63) is 23.8 Å². The van der Waals surface area contributed by atoms with E-state index in [2.05, 4.69) is 10.6 Å². The maximum atomic E-state index is 13.2. The van der Waals surface area contributed by atoms with E-state index < -0.39 is 0 Å². The largest absolute Gasteiger partial charge is 0.490 e. The fourth-order valence-electron chi connectivity index (χ4n) is 3.80. The summed E-state index contributed by atoms with van der Waals surface area (Å²) < 4.78 is 16.7. The number of benzene rings is 1. The number of carbonyl (C=O) groups excluding carboxylic acids is 3. The van der Waals surface area contributed by atoms with Gasteiger partial charge < -0.3 is 29.7 Å². The van der Waals surface area contributed by atoms with Crippen molar-refractivity contribution >= 4 is 23.6 Å². The summed E-state index contributed by atoms with van der Waals surface area (Å²) >= 11 is 0. The molecule has 2 aliphatic rings. The third kappa shape index (κ3) is 5.02. The number of esters is 1. The lowest BCUT2D eigenvalue weighted by molar-refractivity contribution is -0.151. The molecule has 9 nitrogen and oxygen atoms in total. The van der Waals surface area contributed by atoms with Gasteiger partial charge in [0.2, 0.25) is 0 Å². The highest BCUT2D eigenvalue weighted by atomic mass is 16.5. The second kappa shape index (κ2) is 9.34. The Labute approximate surface area is 176 Å². The molecule has 9 heteroatoms. The van der Waals surface area contributed by atoms with Crippen molar-refractivity contribution in [3.63, 3.8) is 0 Å². The number of nitrogens with zero attached hydrogens (tertiary/aromatic N) is 1. The molecule has 3 amide bonds. The molecular formula is C21H29N3O6. The van der Waals surface area contributed by atoms with Gasteiger partial charge in [0, 0.05) is 18.8 Å². The average molecular weight is 419 g/mol. The Morgan fingerprint density at radius 2 is 2.07 bits per heavy atom. The number of ether oxygens (including phenoxy) is 3. The van der Waals surface area contributed by atoms with Crippen LogP contribution in [0.4, 0.5) is 10.5 Å². The van der Waals surface area contributed by atoms with Crippen molar-refractivity contribution in [1.29, 1.82) is 0 Å². The number of anilines is 1. The summed E-state index contributed by atoms with van der Waals surface area (Å²) in [7, 11) is 3.09. The zero-order chi connectivity index (χ0) is 21.8. The van der Waals surface area contributed by atoms with Gasteiger partial charge in [-0.3, -0.25) is 9.59 Å². The Morgan fingerprint density at radius 1 is 1.30 bits per heavy atom. The molecule has 0 aliphatic carbocycles. The molecule has 0 aromatic heterocycles. The van der Waals surface area contributed by atoms with E-state index in [1.807, 2.05) is 13.8 Å². The molecule has 2 aliphatic heterocycles. The summed E-state index contributed by atoms with van der Waals surface area (Å²) in [6.45, 7) is 3.99. The maximum Gasteiger partial charge on any atom is 0.319 e. The zero-order valence-corrected chi connectivity index (χ0v) is 17.8. The first-order valence-electron chi connectivity index (χ1n) is 10.1. The van der Waals surface area contributed by atoms with Gasteiger partial charge in [0.1, 0.15) is 18.5 Å². The topological polar surface area (TPSA) is 106 Å².